The van der Waals surface area contributed by atoms with Gasteiger partial charge in [0.05, 0.1) is 0 Å². The number of hydrogen-bond acceptors (Lipinski definition) is 5. The van der Waals surface area contributed by atoms with E-state index >= 15 is 0 Å². The van der Waals surface area contributed by atoms with E-state index in [2.05, 4.69) is 15.7 Å². The van der Waals surface area contributed by atoms with Gasteiger partial charge in [0.2, 0.25) is 5.91 Å². The van der Waals surface area contributed by atoms with Crippen LogP contribution < -0.4 is 15.5 Å². The number of aliphatic hydroxyl groups is 1. The molecule has 0 saturated carbocycles. The van der Waals surface area contributed by atoms with Gasteiger partial charge in [-0.15, -0.1) is 0 Å². The molecule has 1 aromatic carbocycles. The summed E-state index contributed by atoms with van der Waals surface area (Å²) < 4.78 is 1.67. The first-order chi connectivity index (χ1) is 12.1. The minimum atomic E-state index is -0.572. The molecule has 1 saturated heterocycles. The predicted molar refractivity (Wildman–Crippen MR) is 94.4 cm³/mol. The molecule has 1 aliphatic rings. The molecule has 0 aliphatic carbocycles. The van der Waals surface area contributed by atoms with Crippen LogP contribution in [0.4, 0.5) is 17.2 Å². The van der Waals surface area contributed by atoms with E-state index < -0.39 is 12.5 Å². The molecule has 0 unspecified atom stereocenters. The Bertz CT molecular complexity index is 773. The fourth-order valence-electron chi connectivity index (χ4n) is 2.87. The van der Waals surface area contributed by atoms with E-state index in [1.54, 1.807) is 27.8 Å². The van der Waals surface area contributed by atoms with E-state index in [0.717, 1.165) is 18.5 Å². The van der Waals surface area contributed by atoms with Gasteiger partial charge in [-0.3, -0.25) is 19.2 Å². The first-order valence-corrected chi connectivity index (χ1v) is 8.15. The first-order valence-electron chi connectivity index (χ1n) is 8.15. The highest BCUT2D eigenvalue weighted by Gasteiger charge is 2.30. The maximum absolute atomic E-state index is 12.8. The molecule has 2 heterocycles. The van der Waals surface area contributed by atoms with Gasteiger partial charge < -0.3 is 15.7 Å². The van der Waals surface area contributed by atoms with Gasteiger partial charge in [0, 0.05) is 37.2 Å². The Kier molecular flexibility index (Phi) is 4.99. The minimum Gasteiger partial charge on any atom is -0.387 e. The lowest BCUT2D eigenvalue weighted by molar-refractivity contribution is -0.120. The Labute approximate surface area is 145 Å². The molecule has 2 amide bonds. The second-order valence-electron chi connectivity index (χ2n) is 5.96. The highest BCUT2D eigenvalue weighted by molar-refractivity contribution is 5.99. The van der Waals surface area contributed by atoms with Crippen LogP contribution in [0.15, 0.2) is 36.5 Å². The van der Waals surface area contributed by atoms with Crippen LogP contribution >= 0.6 is 0 Å². The summed E-state index contributed by atoms with van der Waals surface area (Å²) in [5.41, 5.74) is 1.30. The molecule has 25 heavy (non-hydrogen) atoms. The van der Waals surface area contributed by atoms with Gasteiger partial charge in [-0.2, -0.15) is 5.10 Å². The Balaban J connectivity index is 1.71. The predicted octanol–water partition coefficient (Wildman–Crippen LogP) is 0.958. The number of rotatable bonds is 5. The largest absolute Gasteiger partial charge is 0.387 e. The lowest BCUT2D eigenvalue weighted by Crippen LogP contribution is -2.48. The third-order valence-electron chi connectivity index (χ3n) is 4.05. The maximum atomic E-state index is 12.8. The first kappa shape index (κ1) is 17.0. The quantitative estimate of drug-likeness (QED) is 0.751. The number of hydrogen-bond donors (Lipinski definition) is 3. The van der Waals surface area contributed by atoms with E-state index in [1.807, 2.05) is 25.4 Å². The number of aliphatic hydroxyl groups excluding tert-OH is 1. The number of nitrogens with zero attached hydrogens (tertiary/aromatic N) is 3. The molecule has 0 radical (unpaired) electrons. The van der Waals surface area contributed by atoms with Crippen LogP contribution in [-0.4, -0.2) is 45.9 Å². The monoisotopic (exact) mass is 343 g/mol. The normalized spacial score (nSPS) is 17.4. The Morgan fingerprint density at radius 2 is 2.16 bits per heavy atom. The zero-order chi connectivity index (χ0) is 17.8. The van der Waals surface area contributed by atoms with Crippen molar-refractivity contribution in [1.82, 2.24) is 9.78 Å². The van der Waals surface area contributed by atoms with Gasteiger partial charge in [0.25, 0.3) is 5.91 Å². The van der Waals surface area contributed by atoms with Crippen molar-refractivity contribution in [2.75, 3.05) is 28.7 Å². The average molecular weight is 343 g/mol. The lowest BCUT2D eigenvalue weighted by Gasteiger charge is -2.31. The highest BCUT2D eigenvalue weighted by Crippen LogP contribution is 2.23. The van der Waals surface area contributed by atoms with Crippen molar-refractivity contribution in [3.63, 3.8) is 0 Å². The number of piperidine rings is 1. The molecule has 132 valence electrons. The highest BCUT2D eigenvalue weighted by atomic mass is 16.3. The summed E-state index contributed by atoms with van der Waals surface area (Å²) in [5.74, 6) is 0.157. The number of aryl methyl sites for hydroxylation is 1. The molecular formula is C17H21N5O3. The number of nitrogens with one attached hydrogen (secondary N) is 2. The molecule has 3 N–H and O–H groups in total. The lowest BCUT2D eigenvalue weighted by atomic mass is 10.0. The second kappa shape index (κ2) is 7.35. The summed E-state index contributed by atoms with van der Waals surface area (Å²) in [4.78, 5) is 25.7. The van der Waals surface area contributed by atoms with Crippen LogP contribution in [0.2, 0.25) is 0 Å². The summed E-state index contributed by atoms with van der Waals surface area (Å²) in [5, 5.41) is 18.9. The maximum Gasteiger partial charge on any atom is 0.250 e. The summed E-state index contributed by atoms with van der Waals surface area (Å²) in [6, 6.07) is 8.55. The van der Waals surface area contributed by atoms with Gasteiger partial charge in [-0.25, -0.2) is 0 Å². The number of benzene rings is 1. The molecule has 1 aliphatic heterocycles. The van der Waals surface area contributed by atoms with Crippen molar-refractivity contribution in [2.45, 2.75) is 18.9 Å². The van der Waals surface area contributed by atoms with Gasteiger partial charge in [0.15, 0.2) is 5.82 Å². The Morgan fingerprint density at radius 1 is 1.36 bits per heavy atom. The topological polar surface area (TPSA) is 99.5 Å². The number of anilines is 3. The summed E-state index contributed by atoms with van der Waals surface area (Å²) in [7, 11) is 1.82. The molecular weight excluding hydrogens is 322 g/mol. The molecule has 8 nitrogen and oxygen atoms in total. The van der Waals surface area contributed by atoms with Gasteiger partial charge in [0.1, 0.15) is 12.6 Å². The minimum absolute atomic E-state index is 0.0188. The molecule has 0 bridgehead atoms. The van der Waals surface area contributed by atoms with Crippen LogP contribution in [0.3, 0.4) is 0 Å². The molecule has 1 fully saturated rings. The van der Waals surface area contributed by atoms with Crippen molar-refractivity contribution < 1.29 is 14.7 Å². The van der Waals surface area contributed by atoms with E-state index in [0.29, 0.717) is 18.1 Å². The van der Waals surface area contributed by atoms with E-state index in [4.69, 9.17) is 5.11 Å². The molecule has 1 aromatic heterocycles. The van der Waals surface area contributed by atoms with E-state index in [9.17, 15) is 9.59 Å². The van der Waals surface area contributed by atoms with Crippen LogP contribution in [0.5, 0.6) is 0 Å². The average Bonchev–Trinajstić information content (AvgIpc) is 3.03. The second-order valence-corrected chi connectivity index (χ2v) is 5.96. The van der Waals surface area contributed by atoms with Crippen LogP contribution in [0, 0.1) is 0 Å². The smallest absolute Gasteiger partial charge is 0.250 e. The zero-order valence-electron chi connectivity index (χ0n) is 14.0. The molecule has 1 atom stereocenters. The fraction of sp³-hybridized carbons (Fsp3) is 0.353. The van der Waals surface area contributed by atoms with Crippen molar-refractivity contribution in [3.05, 3.63) is 36.5 Å². The molecule has 3 rings (SSSR count). The molecule has 8 heteroatoms. The van der Waals surface area contributed by atoms with Crippen LogP contribution in [0.1, 0.15) is 12.8 Å². The number of amides is 2. The Hall–Kier alpha value is -2.87. The van der Waals surface area contributed by atoms with Gasteiger partial charge in [-0.05, 0) is 31.0 Å². The van der Waals surface area contributed by atoms with Gasteiger partial charge in [-0.1, -0.05) is 6.07 Å². The van der Waals surface area contributed by atoms with Crippen molar-refractivity contribution in [3.8, 4) is 0 Å². The van der Waals surface area contributed by atoms with E-state index in [1.165, 1.54) is 0 Å². The molecule has 2 aromatic rings. The summed E-state index contributed by atoms with van der Waals surface area (Å²) in [6.07, 6.45) is 3.42. The third-order valence-corrected chi connectivity index (χ3v) is 4.05. The van der Waals surface area contributed by atoms with Crippen molar-refractivity contribution >= 4 is 29.0 Å². The molecule has 0 spiro atoms. The number of carbonyl (C=O) groups excluding carboxylic acids is 2. The Morgan fingerprint density at radius 3 is 2.88 bits per heavy atom. The number of aromatic nitrogens is 2. The van der Waals surface area contributed by atoms with Crippen LogP contribution in [0.25, 0.3) is 0 Å². The van der Waals surface area contributed by atoms with Crippen LogP contribution in [-0.2, 0) is 16.6 Å². The van der Waals surface area contributed by atoms with Crippen molar-refractivity contribution in [1.29, 1.82) is 0 Å². The van der Waals surface area contributed by atoms with E-state index in [-0.39, 0.29) is 11.9 Å². The zero-order valence-corrected chi connectivity index (χ0v) is 14.0. The summed E-state index contributed by atoms with van der Waals surface area (Å²) in [6.45, 7) is 0.0818. The standard InChI is InChI=1S/C17H21N5O3/c1-21-9-7-15(20-21)22-8-3-6-14(17(22)25)18-12-4-2-5-13(10-12)19-16(24)11-23/h2,4-5,7,9-10,14,18,23H,3,6,8,11H2,1H3,(H,19,24)/t14-/m1/s1. The van der Waals surface area contributed by atoms with Gasteiger partial charge >= 0.3 is 0 Å². The number of carbonyl (C=O) groups is 2. The van der Waals surface area contributed by atoms with Crippen molar-refractivity contribution in [2.24, 2.45) is 7.05 Å². The SMILES string of the molecule is Cn1ccc(N2CCC[C@@H](Nc3cccc(NC(=O)CO)c3)C2=O)n1. The fourth-order valence-corrected chi connectivity index (χ4v) is 2.87. The summed E-state index contributed by atoms with van der Waals surface area (Å²) >= 11 is 0. The third kappa shape index (κ3) is 3.97.